The zero-order chi connectivity index (χ0) is 14.6. The van der Waals surface area contributed by atoms with Gasteiger partial charge in [-0.2, -0.15) is 12.7 Å². The fraction of sp³-hybridized carbons (Fsp3) is 1.00. The number of nitrogens with two attached hydrogens (primary N) is 1. The summed E-state index contributed by atoms with van der Waals surface area (Å²) in [5, 5.41) is 26.9. The predicted molar refractivity (Wildman–Crippen MR) is 70.4 cm³/mol. The number of nitrogens with zero attached hydrogens (tertiary/aromatic N) is 2. The molecule has 0 bridgehead atoms. The molecule has 5 N–H and O–H groups in total. The molecule has 10 heteroatoms. The molecule has 0 saturated carbocycles. The van der Waals surface area contributed by atoms with E-state index in [4.69, 9.17) is 15.8 Å². The lowest BCUT2D eigenvalue weighted by molar-refractivity contribution is 0.00183. The molecular weight excluding hydrogens is 273 g/mol. The fourth-order valence-electron chi connectivity index (χ4n) is 2.21. The molecule has 2 atom stereocenters. The Hall–Kier alpha value is -0.225. The molecule has 0 aromatic rings. The predicted octanol–water partition coefficient (Wildman–Crippen LogP) is -1.55. The highest BCUT2D eigenvalue weighted by atomic mass is 32.2. The Kier molecular flexibility index (Phi) is 6.18. The maximum Gasteiger partial charge on any atom is 0.451 e. The Labute approximate surface area is 114 Å². The van der Waals surface area contributed by atoms with Crippen LogP contribution in [0.3, 0.4) is 0 Å². The van der Waals surface area contributed by atoms with E-state index in [2.05, 4.69) is 0 Å². The normalized spacial score (nSPS) is 25.2. The van der Waals surface area contributed by atoms with Gasteiger partial charge in [-0.15, -0.1) is 0 Å². The van der Waals surface area contributed by atoms with E-state index in [1.165, 1.54) is 11.2 Å². The van der Waals surface area contributed by atoms with Crippen molar-refractivity contribution in [2.75, 3.05) is 19.6 Å². The van der Waals surface area contributed by atoms with Crippen LogP contribution in [0.2, 0.25) is 6.32 Å². The van der Waals surface area contributed by atoms with E-state index >= 15 is 0 Å². The van der Waals surface area contributed by atoms with E-state index in [-0.39, 0.29) is 37.9 Å². The summed E-state index contributed by atoms with van der Waals surface area (Å²) in [7, 11) is -5.19. The molecule has 1 fully saturated rings. The van der Waals surface area contributed by atoms with Crippen molar-refractivity contribution in [3.63, 3.8) is 0 Å². The Balaban J connectivity index is 2.55. The van der Waals surface area contributed by atoms with E-state index in [0.29, 0.717) is 17.3 Å². The van der Waals surface area contributed by atoms with Crippen LogP contribution in [0.15, 0.2) is 0 Å². The van der Waals surface area contributed by atoms with Gasteiger partial charge in [-0.1, -0.05) is 10.9 Å². The molecule has 0 radical (unpaired) electrons. The number of hydrogen-bond donors (Lipinski definition) is 4. The Morgan fingerprint density at radius 2 is 2.05 bits per heavy atom. The third kappa shape index (κ3) is 4.38. The lowest BCUT2D eigenvalue weighted by Crippen LogP contribution is -2.41. The van der Waals surface area contributed by atoms with Gasteiger partial charge in [0.05, 0.1) is 0 Å². The minimum Gasteiger partial charge on any atom is -0.427 e. The van der Waals surface area contributed by atoms with Gasteiger partial charge in [-0.3, -0.25) is 5.21 Å². The fourth-order valence-corrected chi connectivity index (χ4v) is 3.54. The summed E-state index contributed by atoms with van der Waals surface area (Å²) < 4.78 is 25.3. The van der Waals surface area contributed by atoms with Crippen molar-refractivity contribution in [2.45, 2.75) is 32.1 Å². The first-order chi connectivity index (χ1) is 8.78. The summed E-state index contributed by atoms with van der Waals surface area (Å²) in [6.45, 7) is 1.94. The van der Waals surface area contributed by atoms with Gasteiger partial charge in [0, 0.05) is 25.7 Å². The SMILES string of the molecule is CCN(O)S(=O)(=O)N1C[C@H](CCCB(O)O)[C@@H](N)C1. The summed E-state index contributed by atoms with van der Waals surface area (Å²) in [4.78, 5) is 0. The molecule has 0 aromatic heterocycles. The number of rotatable bonds is 7. The lowest BCUT2D eigenvalue weighted by atomic mass is 9.82. The average molecular weight is 295 g/mol. The van der Waals surface area contributed by atoms with Crippen molar-refractivity contribution in [2.24, 2.45) is 11.7 Å². The van der Waals surface area contributed by atoms with Crippen LogP contribution in [-0.2, 0) is 10.2 Å². The zero-order valence-electron chi connectivity index (χ0n) is 11.0. The van der Waals surface area contributed by atoms with Gasteiger partial charge in [0.15, 0.2) is 0 Å². The van der Waals surface area contributed by atoms with Crippen LogP contribution in [0.1, 0.15) is 19.8 Å². The molecule has 8 nitrogen and oxygen atoms in total. The highest BCUT2D eigenvalue weighted by Crippen LogP contribution is 2.24. The minimum absolute atomic E-state index is 0.0184. The second-order valence-electron chi connectivity index (χ2n) is 4.80. The maximum absolute atomic E-state index is 11.9. The quantitative estimate of drug-likeness (QED) is 0.333. The second kappa shape index (κ2) is 6.98. The molecule has 1 rings (SSSR count). The van der Waals surface area contributed by atoms with Gasteiger partial charge in [0.2, 0.25) is 0 Å². The first-order valence-electron chi connectivity index (χ1n) is 6.37. The standard InChI is InChI=1S/C9H22BN3O5S/c1-2-13(16)19(17,18)12-6-8(9(11)7-12)4-3-5-10(14)15/h8-9,14-16H,2-7,11H2,1H3/t8-,9-/m0/s1. The van der Waals surface area contributed by atoms with Crippen LogP contribution < -0.4 is 5.73 Å². The maximum atomic E-state index is 11.9. The molecule has 112 valence electrons. The van der Waals surface area contributed by atoms with Crippen molar-refractivity contribution < 1.29 is 23.7 Å². The average Bonchev–Trinajstić information content (AvgIpc) is 2.70. The van der Waals surface area contributed by atoms with Crippen LogP contribution in [0.25, 0.3) is 0 Å². The lowest BCUT2D eigenvalue weighted by Gasteiger charge is -2.21. The van der Waals surface area contributed by atoms with Crippen LogP contribution in [0.5, 0.6) is 0 Å². The molecule has 1 heterocycles. The van der Waals surface area contributed by atoms with Gasteiger partial charge in [0.25, 0.3) is 0 Å². The van der Waals surface area contributed by atoms with E-state index < -0.39 is 17.3 Å². The summed E-state index contributed by atoms with van der Waals surface area (Å²) >= 11 is 0. The van der Waals surface area contributed by atoms with Crippen LogP contribution in [-0.4, -0.2) is 65.2 Å². The summed E-state index contributed by atoms with van der Waals surface area (Å²) in [6, 6.07) is -0.295. The zero-order valence-corrected chi connectivity index (χ0v) is 11.8. The highest BCUT2D eigenvalue weighted by molar-refractivity contribution is 7.86. The monoisotopic (exact) mass is 295 g/mol. The summed E-state index contributed by atoms with van der Waals surface area (Å²) in [6.07, 6.45) is 1.44. The van der Waals surface area contributed by atoms with Crippen molar-refractivity contribution in [3.05, 3.63) is 0 Å². The van der Waals surface area contributed by atoms with Gasteiger partial charge in [-0.05, 0) is 25.6 Å². The van der Waals surface area contributed by atoms with Gasteiger partial charge in [0.1, 0.15) is 0 Å². The smallest absolute Gasteiger partial charge is 0.427 e. The molecular formula is C9H22BN3O5S. The van der Waals surface area contributed by atoms with E-state index in [9.17, 15) is 13.6 Å². The molecule has 0 spiro atoms. The van der Waals surface area contributed by atoms with Crippen LogP contribution in [0, 0.1) is 5.92 Å². The molecule has 0 unspecified atom stereocenters. The molecule has 1 saturated heterocycles. The van der Waals surface area contributed by atoms with Crippen LogP contribution in [0.4, 0.5) is 0 Å². The Morgan fingerprint density at radius 3 is 2.58 bits per heavy atom. The number of hydrogen-bond acceptors (Lipinski definition) is 6. The first-order valence-corrected chi connectivity index (χ1v) is 7.77. The molecule has 0 aromatic carbocycles. The summed E-state index contributed by atoms with van der Waals surface area (Å²) in [5.41, 5.74) is 5.89. The van der Waals surface area contributed by atoms with Gasteiger partial charge < -0.3 is 15.8 Å². The van der Waals surface area contributed by atoms with Crippen molar-refractivity contribution in [1.29, 1.82) is 0 Å². The van der Waals surface area contributed by atoms with E-state index in [1.54, 1.807) is 0 Å². The van der Waals surface area contributed by atoms with Crippen molar-refractivity contribution in [3.8, 4) is 0 Å². The van der Waals surface area contributed by atoms with Crippen LogP contribution >= 0.6 is 0 Å². The van der Waals surface area contributed by atoms with E-state index in [1.807, 2.05) is 0 Å². The molecule has 0 aliphatic carbocycles. The minimum atomic E-state index is -3.85. The number of hydroxylamine groups is 1. The second-order valence-corrected chi connectivity index (χ2v) is 6.63. The van der Waals surface area contributed by atoms with Gasteiger partial charge >= 0.3 is 17.3 Å². The molecule has 1 aliphatic rings. The van der Waals surface area contributed by atoms with Crippen molar-refractivity contribution in [1.82, 2.24) is 8.77 Å². The molecule has 19 heavy (non-hydrogen) atoms. The Morgan fingerprint density at radius 1 is 1.42 bits per heavy atom. The third-order valence-corrected chi connectivity index (χ3v) is 5.10. The first kappa shape index (κ1) is 16.8. The van der Waals surface area contributed by atoms with Crippen molar-refractivity contribution >= 4 is 17.3 Å². The Bertz CT molecular complexity index is 380. The summed E-state index contributed by atoms with van der Waals surface area (Å²) in [5.74, 6) is -0.0289. The highest BCUT2D eigenvalue weighted by Gasteiger charge is 2.38. The topological polar surface area (TPSA) is 127 Å². The largest absolute Gasteiger partial charge is 0.451 e. The van der Waals surface area contributed by atoms with Gasteiger partial charge in [-0.25, -0.2) is 0 Å². The molecule has 1 aliphatic heterocycles. The molecule has 0 amide bonds. The van der Waals surface area contributed by atoms with E-state index in [0.717, 1.165) is 0 Å². The third-order valence-electron chi connectivity index (χ3n) is 3.36.